The van der Waals surface area contributed by atoms with Crippen molar-refractivity contribution >= 4 is 0 Å². The Balaban J connectivity index is 2.11. The van der Waals surface area contributed by atoms with Crippen LogP contribution in [0.4, 0.5) is 4.39 Å². The number of nitrogens with zero attached hydrogens (tertiary/aromatic N) is 2. The van der Waals surface area contributed by atoms with Crippen LogP contribution in [-0.4, -0.2) is 16.5 Å². The molecule has 21 heavy (non-hydrogen) atoms. The summed E-state index contributed by atoms with van der Waals surface area (Å²) in [5.41, 5.74) is 2.98. The van der Waals surface area contributed by atoms with Crippen LogP contribution in [0.15, 0.2) is 30.5 Å². The minimum Gasteiger partial charge on any atom is -0.310 e. The van der Waals surface area contributed by atoms with Crippen molar-refractivity contribution in [3.8, 4) is 0 Å². The SMILES string of the molecule is CCCNC(C)c1cnc(Cc2cccc(F)c2)nc1C. The monoisotopic (exact) mass is 287 g/mol. The van der Waals surface area contributed by atoms with Gasteiger partial charge in [-0.1, -0.05) is 19.1 Å². The first-order chi connectivity index (χ1) is 10.1. The minimum absolute atomic E-state index is 0.224. The number of rotatable bonds is 6. The van der Waals surface area contributed by atoms with E-state index in [2.05, 4.69) is 29.1 Å². The van der Waals surface area contributed by atoms with Gasteiger partial charge in [0.2, 0.25) is 0 Å². The van der Waals surface area contributed by atoms with Crippen molar-refractivity contribution < 1.29 is 4.39 Å². The maximum Gasteiger partial charge on any atom is 0.132 e. The quantitative estimate of drug-likeness (QED) is 0.882. The Morgan fingerprint density at radius 1 is 1.33 bits per heavy atom. The highest BCUT2D eigenvalue weighted by Gasteiger charge is 2.10. The normalized spacial score (nSPS) is 12.4. The Morgan fingerprint density at radius 2 is 2.14 bits per heavy atom. The minimum atomic E-state index is -0.224. The summed E-state index contributed by atoms with van der Waals surface area (Å²) < 4.78 is 13.2. The van der Waals surface area contributed by atoms with Crippen LogP contribution in [0.3, 0.4) is 0 Å². The number of hydrogen-bond acceptors (Lipinski definition) is 3. The highest BCUT2D eigenvalue weighted by Crippen LogP contribution is 2.16. The van der Waals surface area contributed by atoms with Crippen LogP contribution < -0.4 is 5.32 Å². The Labute approximate surface area is 125 Å². The van der Waals surface area contributed by atoms with E-state index in [1.807, 2.05) is 19.2 Å². The second kappa shape index (κ2) is 7.27. The number of aromatic nitrogens is 2. The molecular formula is C17H22FN3. The molecule has 0 aliphatic carbocycles. The Morgan fingerprint density at radius 3 is 2.81 bits per heavy atom. The summed E-state index contributed by atoms with van der Waals surface area (Å²) in [6, 6.07) is 6.81. The van der Waals surface area contributed by atoms with Crippen molar-refractivity contribution in [2.24, 2.45) is 0 Å². The van der Waals surface area contributed by atoms with Crippen molar-refractivity contribution in [3.63, 3.8) is 0 Å². The van der Waals surface area contributed by atoms with Gasteiger partial charge in [-0.3, -0.25) is 0 Å². The average Bonchev–Trinajstić information content (AvgIpc) is 2.45. The third-order valence-corrected chi connectivity index (χ3v) is 3.49. The van der Waals surface area contributed by atoms with Gasteiger partial charge in [0.25, 0.3) is 0 Å². The molecule has 0 saturated heterocycles. The largest absolute Gasteiger partial charge is 0.310 e. The predicted octanol–water partition coefficient (Wildman–Crippen LogP) is 3.58. The molecule has 0 radical (unpaired) electrons. The number of aryl methyl sites for hydroxylation is 1. The molecule has 1 heterocycles. The topological polar surface area (TPSA) is 37.8 Å². The fourth-order valence-electron chi connectivity index (χ4n) is 2.34. The Hall–Kier alpha value is -1.81. The Kier molecular flexibility index (Phi) is 5.39. The highest BCUT2D eigenvalue weighted by molar-refractivity contribution is 5.24. The molecular weight excluding hydrogens is 265 g/mol. The predicted molar refractivity (Wildman–Crippen MR) is 82.7 cm³/mol. The first-order valence-corrected chi connectivity index (χ1v) is 7.40. The molecule has 0 saturated carbocycles. The molecule has 0 aliphatic heterocycles. The van der Waals surface area contributed by atoms with Crippen LogP contribution in [-0.2, 0) is 6.42 Å². The lowest BCUT2D eigenvalue weighted by atomic mass is 10.1. The maximum absolute atomic E-state index is 13.2. The van der Waals surface area contributed by atoms with E-state index >= 15 is 0 Å². The van der Waals surface area contributed by atoms with Crippen molar-refractivity contribution in [2.45, 2.75) is 39.7 Å². The molecule has 0 bridgehead atoms. The van der Waals surface area contributed by atoms with E-state index in [1.165, 1.54) is 12.1 Å². The molecule has 1 aromatic heterocycles. The van der Waals surface area contributed by atoms with E-state index in [0.29, 0.717) is 6.42 Å². The highest BCUT2D eigenvalue weighted by atomic mass is 19.1. The van der Waals surface area contributed by atoms with Crippen LogP contribution >= 0.6 is 0 Å². The first kappa shape index (κ1) is 15.6. The van der Waals surface area contributed by atoms with Gasteiger partial charge in [0.15, 0.2) is 0 Å². The first-order valence-electron chi connectivity index (χ1n) is 7.40. The summed E-state index contributed by atoms with van der Waals surface area (Å²) in [6.07, 6.45) is 3.53. The summed E-state index contributed by atoms with van der Waals surface area (Å²) in [6.45, 7) is 7.24. The van der Waals surface area contributed by atoms with Gasteiger partial charge in [0, 0.05) is 29.9 Å². The molecule has 1 unspecified atom stereocenters. The molecule has 0 fully saturated rings. The molecule has 1 N–H and O–H groups in total. The Bertz CT molecular complexity index is 598. The third kappa shape index (κ3) is 4.33. The standard InChI is InChI=1S/C17H22FN3/c1-4-8-19-12(2)16-11-20-17(21-13(16)3)10-14-6-5-7-15(18)9-14/h5-7,9,11-12,19H,4,8,10H2,1-3H3. The van der Waals surface area contributed by atoms with Crippen LogP contribution in [0.1, 0.15) is 49.0 Å². The van der Waals surface area contributed by atoms with E-state index in [0.717, 1.165) is 35.6 Å². The van der Waals surface area contributed by atoms with Crippen molar-refractivity contribution in [2.75, 3.05) is 6.54 Å². The maximum atomic E-state index is 13.2. The van der Waals surface area contributed by atoms with E-state index < -0.39 is 0 Å². The van der Waals surface area contributed by atoms with Crippen LogP contribution in [0.2, 0.25) is 0 Å². The molecule has 1 aromatic carbocycles. The number of nitrogens with one attached hydrogen (secondary N) is 1. The van der Waals surface area contributed by atoms with Crippen LogP contribution in [0.25, 0.3) is 0 Å². The lowest BCUT2D eigenvalue weighted by Gasteiger charge is -2.15. The van der Waals surface area contributed by atoms with Gasteiger partial charge >= 0.3 is 0 Å². The van der Waals surface area contributed by atoms with Gasteiger partial charge in [-0.25, -0.2) is 14.4 Å². The van der Waals surface area contributed by atoms with Gasteiger partial charge in [-0.2, -0.15) is 0 Å². The number of hydrogen-bond donors (Lipinski definition) is 1. The zero-order chi connectivity index (χ0) is 15.2. The molecule has 3 nitrogen and oxygen atoms in total. The molecule has 0 amide bonds. The molecule has 112 valence electrons. The second-order valence-corrected chi connectivity index (χ2v) is 5.31. The van der Waals surface area contributed by atoms with Crippen molar-refractivity contribution in [1.29, 1.82) is 0 Å². The molecule has 0 aliphatic rings. The molecule has 2 rings (SSSR count). The second-order valence-electron chi connectivity index (χ2n) is 5.31. The third-order valence-electron chi connectivity index (χ3n) is 3.49. The van der Waals surface area contributed by atoms with E-state index in [1.54, 1.807) is 6.07 Å². The average molecular weight is 287 g/mol. The zero-order valence-corrected chi connectivity index (χ0v) is 12.9. The van der Waals surface area contributed by atoms with E-state index in [4.69, 9.17) is 0 Å². The fraction of sp³-hybridized carbons (Fsp3) is 0.412. The number of benzene rings is 1. The molecule has 0 spiro atoms. The van der Waals surface area contributed by atoms with Crippen LogP contribution in [0, 0.1) is 12.7 Å². The van der Waals surface area contributed by atoms with Gasteiger partial charge < -0.3 is 5.32 Å². The van der Waals surface area contributed by atoms with E-state index in [-0.39, 0.29) is 11.9 Å². The smallest absolute Gasteiger partial charge is 0.132 e. The molecule has 2 aromatic rings. The van der Waals surface area contributed by atoms with Gasteiger partial charge in [-0.15, -0.1) is 0 Å². The lowest BCUT2D eigenvalue weighted by Crippen LogP contribution is -2.21. The molecule has 1 atom stereocenters. The van der Waals surface area contributed by atoms with E-state index in [9.17, 15) is 4.39 Å². The summed E-state index contributed by atoms with van der Waals surface area (Å²) in [5, 5.41) is 3.44. The van der Waals surface area contributed by atoms with Gasteiger partial charge in [0.05, 0.1) is 0 Å². The van der Waals surface area contributed by atoms with Crippen molar-refractivity contribution in [1.82, 2.24) is 15.3 Å². The van der Waals surface area contributed by atoms with Crippen LogP contribution in [0.5, 0.6) is 0 Å². The van der Waals surface area contributed by atoms with Gasteiger partial charge in [0.1, 0.15) is 11.6 Å². The summed E-state index contributed by atoms with van der Waals surface area (Å²) in [5.74, 6) is 0.503. The molecule has 4 heteroatoms. The summed E-state index contributed by atoms with van der Waals surface area (Å²) in [7, 11) is 0. The van der Waals surface area contributed by atoms with Crippen molar-refractivity contribution in [3.05, 3.63) is 58.9 Å². The van der Waals surface area contributed by atoms with Gasteiger partial charge in [-0.05, 0) is 44.5 Å². The number of halogens is 1. The lowest BCUT2D eigenvalue weighted by molar-refractivity contribution is 0.563. The summed E-state index contributed by atoms with van der Waals surface area (Å²) in [4.78, 5) is 8.97. The fourth-order valence-corrected chi connectivity index (χ4v) is 2.34. The zero-order valence-electron chi connectivity index (χ0n) is 12.9. The summed E-state index contributed by atoms with van der Waals surface area (Å²) >= 11 is 0.